The summed E-state index contributed by atoms with van der Waals surface area (Å²) in [6.45, 7) is 7.16. The van der Waals surface area contributed by atoms with Gasteiger partial charge in [-0.1, -0.05) is 13.8 Å². The Morgan fingerprint density at radius 3 is 2.43 bits per heavy atom. The number of hydrogen-bond donors (Lipinski definition) is 2. The molecule has 1 heterocycles. The molecule has 1 fully saturated rings. The number of likely N-dealkylation sites (tertiary alicyclic amines) is 1. The summed E-state index contributed by atoms with van der Waals surface area (Å²) in [5.41, 5.74) is -0.937. The van der Waals surface area contributed by atoms with Gasteiger partial charge in [-0.2, -0.15) is 0 Å². The Kier molecular flexibility index (Phi) is 3.24. The summed E-state index contributed by atoms with van der Waals surface area (Å²) in [5, 5.41) is 19.4. The molecule has 0 aromatic heterocycles. The zero-order valence-corrected chi connectivity index (χ0v) is 9.75. The number of hydrogen-bond acceptors (Lipinski definition) is 3. The molecular formula is C11H23NO2. The summed E-state index contributed by atoms with van der Waals surface area (Å²) in [6.07, 6.45) is 1.84. The van der Waals surface area contributed by atoms with E-state index in [2.05, 4.69) is 13.8 Å². The Hall–Kier alpha value is -0.120. The highest BCUT2D eigenvalue weighted by Crippen LogP contribution is 2.46. The highest BCUT2D eigenvalue weighted by molar-refractivity contribution is 4.97. The molecule has 0 aromatic carbocycles. The van der Waals surface area contributed by atoms with Crippen molar-refractivity contribution in [2.45, 2.75) is 39.3 Å². The number of aliphatic hydroxyl groups excluding tert-OH is 1. The van der Waals surface area contributed by atoms with E-state index in [9.17, 15) is 5.11 Å². The standard InChI is InChI=1S/C11H23NO2/c1-10(2)9(6-8-13)5-7-12(4)11(10,3)14/h9,13-14H,5-8H2,1-4H3. The van der Waals surface area contributed by atoms with Crippen LogP contribution in [0.15, 0.2) is 0 Å². The van der Waals surface area contributed by atoms with Gasteiger partial charge in [-0.15, -0.1) is 0 Å². The molecule has 2 N–H and O–H groups in total. The topological polar surface area (TPSA) is 43.7 Å². The number of nitrogens with zero attached hydrogens (tertiary/aromatic N) is 1. The SMILES string of the molecule is CN1CCC(CCO)C(C)(C)C1(C)O. The molecule has 0 aliphatic carbocycles. The number of aliphatic hydroxyl groups is 2. The van der Waals surface area contributed by atoms with Crippen LogP contribution in [0.2, 0.25) is 0 Å². The fraction of sp³-hybridized carbons (Fsp3) is 1.00. The van der Waals surface area contributed by atoms with E-state index in [4.69, 9.17) is 5.11 Å². The molecule has 0 bridgehead atoms. The second-order valence-electron chi connectivity index (χ2n) is 5.16. The molecule has 0 aromatic rings. The van der Waals surface area contributed by atoms with Crippen molar-refractivity contribution in [3.05, 3.63) is 0 Å². The van der Waals surface area contributed by atoms with Crippen molar-refractivity contribution in [1.82, 2.24) is 4.90 Å². The van der Waals surface area contributed by atoms with Crippen LogP contribution in [0.1, 0.15) is 33.6 Å². The molecular weight excluding hydrogens is 178 g/mol. The second-order valence-corrected chi connectivity index (χ2v) is 5.16. The van der Waals surface area contributed by atoms with Crippen LogP contribution in [0.5, 0.6) is 0 Å². The van der Waals surface area contributed by atoms with Crippen molar-refractivity contribution in [3.8, 4) is 0 Å². The van der Waals surface area contributed by atoms with E-state index >= 15 is 0 Å². The van der Waals surface area contributed by atoms with E-state index in [0.717, 1.165) is 19.4 Å². The Labute approximate surface area is 86.7 Å². The summed E-state index contributed by atoms with van der Waals surface area (Å²) in [4.78, 5) is 2.00. The van der Waals surface area contributed by atoms with Gasteiger partial charge in [-0.05, 0) is 32.7 Å². The van der Waals surface area contributed by atoms with Crippen molar-refractivity contribution in [2.75, 3.05) is 20.2 Å². The fourth-order valence-electron chi connectivity index (χ4n) is 2.47. The molecule has 0 radical (unpaired) electrons. The third-order valence-corrected chi connectivity index (χ3v) is 4.28. The summed E-state index contributed by atoms with van der Waals surface area (Å²) >= 11 is 0. The van der Waals surface area contributed by atoms with Crippen molar-refractivity contribution in [3.63, 3.8) is 0 Å². The van der Waals surface area contributed by atoms with Gasteiger partial charge in [0.05, 0.1) is 0 Å². The van der Waals surface area contributed by atoms with Gasteiger partial charge in [0.25, 0.3) is 0 Å². The molecule has 84 valence electrons. The van der Waals surface area contributed by atoms with Crippen LogP contribution in [0, 0.1) is 11.3 Å². The van der Waals surface area contributed by atoms with Crippen molar-refractivity contribution in [2.24, 2.45) is 11.3 Å². The molecule has 2 unspecified atom stereocenters. The van der Waals surface area contributed by atoms with Crippen LogP contribution in [0.3, 0.4) is 0 Å². The minimum Gasteiger partial charge on any atom is -0.396 e. The van der Waals surface area contributed by atoms with Crippen LogP contribution in [0.25, 0.3) is 0 Å². The molecule has 0 saturated carbocycles. The van der Waals surface area contributed by atoms with E-state index in [1.807, 2.05) is 18.9 Å². The van der Waals surface area contributed by atoms with Gasteiger partial charge in [-0.3, -0.25) is 4.90 Å². The van der Waals surface area contributed by atoms with Crippen LogP contribution in [-0.4, -0.2) is 41.0 Å². The Bertz CT molecular complexity index is 201. The largest absolute Gasteiger partial charge is 0.396 e. The molecule has 3 heteroatoms. The minimum atomic E-state index is -0.773. The second kappa shape index (κ2) is 3.80. The number of rotatable bonds is 2. The van der Waals surface area contributed by atoms with E-state index < -0.39 is 5.72 Å². The fourth-order valence-corrected chi connectivity index (χ4v) is 2.47. The first-order valence-electron chi connectivity index (χ1n) is 5.38. The monoisotopic (exact) mass is 201 g/mol. The quantitative estimate of drug-likeness (QED) is 0.702. The maximum Gasteiger partial charge on any atom is 0.120 e. The maximum atomic E-state index is 10.4. The Balaban J connectivity index is 2.85. The average molecular weight is 201 g/mol. The first-order valence-corrected chi connectivity index (χ1v) is 5.38. The Morgan fingerprint density at radius 1 is 1.36 bits per heavy atom. The predicted molar refractivity (Wildman–Crippen MR) is 56.8 cm³/mol. The van der Waals surface area contributed by atoms with Gasteiger partial charge in [-0.25, -0.2) is 0 Å². The van der Waals surface area contributed by atoms with Gasteiger partial charge >= 0.3 is 0 Å². The summed E-state index contributed by atoms with van der Waals surface area (Å²) in [6, 6.07) is 0. The summed E-state index contributed by atoms with van der Waals surface area (Å²) in [5.74, 6) is 0.402. The minimum absolute atomic E-state index is 0.164. The third-order valence-electron chi connectivity index (χ3n) is 4.28. The van der Waals surface area contributed by atoms with E-state index in [0.29, 0.717) is 5.92 Å². The first-order chi connectivity index (χ1) is 6.34. The Morgan fingerprint density at radius 2 is 1.93 bits per heavy atom. The van der Waals surface area contributed by atoms with Crippen LogP contribution >= 0.6 is 0 Å². The van der Waals surface area contributed by atoms with E-state index in [1.54, 1.807) is 0 Å². The van der Waals surface area contributed by atoms with Crippen LogP contribution in [0.4, 0.5) is 0 Å². The lowest BCUT2D eigenvalue weighted by molar-refractivity contribution is -0.208. The molecule has 0 spiro atoms. The zero-order valence-electron chi connectivity index (χ0n) is 9.75. The lowest BCUT2D eigenvalue weighted by Crippen LogP contribution is -2.61. The number of piperidine rings is 1. The van der Waals surface area contributed by atoms with Crippen molar-refractivity contribution in [1.29, 1.82) is 0 Å². The van der Waals surface area contributed by atoms with Crippen molar-refractivity contribution >= 4 is 0 Å². The smallest absolute Gasteiger partial charge is 0.120 e. The molecule has 0 amide bonds. The van der Waals surface area contributed by atoms with Gasteiger partial charge in [0.2, 0.25) is 0 Å². The highest BCUT2D eigenvalue weighted by atomic mass is 16.3. The van der Waals surface area contributed by atoms with Crippen LogP contribution < -0.4 is 0 Å². The lowest BCUT2D eigenvalue weighted by Gasteiger charge is -2.54. The normalized spacial score (nSPS) is 38.6. The van der Waals surface area contributed by atoms with Crippen molar-refractivity contribution < 1.29 is 10.2 Å². The zero-order chi connectivity index (χ0) is 11.0. The van der Waals surface area contributed by atoms with Gasteiger partial charge in [0.15, 0.2) is 0 Å². The van der Waals surface area contributed by atoms with Gasteiger partial charge in [0.1, 0.15) is 5.72 Å². The molecule has 3 nitrogen and oxygen atoms in total. The molecule has 1 aliphatic rings. The average Bonchev–Trinajstić information content (AvgIpc) is 2.08. The first kappa shape index (κ1) is 12.0. The molecule has 1 aliphatic heterocycles. The maximum absolute atomic E-state index is 10.4. The molecule has 2 atom stereocenters. The summed E-state index contributed by atoms with van der Waals surface area (Å²) in [7, 11) is 1.96. The van der Waals surface area contributed by atoms with E-state index in [-0.39, 0.29) is 12.0 Å². The highest BCUT2D eigenvalue weighted by Gasteiger charge is 2.50. The third kappa shape index (κ3) is 1.69. The molecule has 1 saturated heterocycles. The lowest BCUT2D eigenvalue weighted by atomic mass is 9.65. The van der Waals surface area contributed by atoms with Gasteiger partial charge < -0.3 is 10.2 Å². The summed E-state index contributed by atoms with van der Waals surface area (Å²) < 4.78 is 0. The molecule has 14 heavy (non-hydrogen) atoms. The van der Waals surface area contributed by atoms with Crippen LogP contribution in [-0.2, 0) is 0 Å². The van der Waals surface area contributed by atoms with E-state index in [1.165, 1.54) is 0 Å². The predicted octanol–water partition coefficient (Wildman–Crippen LogP) is 1.06. The molecule has 1 rings (SSSR count). The van der Waals surface area contributed by atoms with Gasteiger partial charge in [0, 0.05) is 18.6 Å².